The number of nitro benzene ring substituents is 1. The third-order valence-corrected chi connectivity index (χ3v) is 4.37. The number of hydrogen-bond acceptors (Lipinski definition) is 3. The molecule has 5 nitrogen and oxygen atoms in total. The van der Waals surface area contributed by atoms with Crippen LogP contribution in [0.2, 0.25) is 10.0 Å². The van der Waals surface area contributed by atoms with Crippen LogP contribution in [0.15, 0.2) is 42.5 Å². The molecule has 0 unspecified atom stereocenters. The average molecular weight is 353 g/mol. The van der Waals surface area contributed by atoms with Crippen LogP contribution in [0.25, 0.3) is 0 Å². The molecule has 1 amide bonds. The summed E-state index contributed by atoms with van der Waals surface area (Å²) < 4.78 is 0. The molecule has 0 aliphatic carbocycles. The van der Waals surface area contributed by atoms with E-state index >= 15 is 0 Å². The highest BCUT2D eigenvalue weighted by atomic mass is 35.5. The van der Waals surface area contributed by atoms with Gasteiger partial charge in [-0.25, -0.2) is 0 Å². The smallest absolute Gasteiger partial charge is 0.269 e. The number of carbonyl (C=O) groups is 1. The van der Waals surface area contributed by atoms with Gasteiger partial charge in [0, 0.05) is 24.7 Å². The van der Waals surface area contributed by atoms with Gasteiger partial charge in [-0.2, -0.15) is 0 Å². The van der Waals surface area contributed by atoms with E-state index in [4.69, 9.17) is 23.2 Å². The molecule has 0 aromatic heterocycles. The first-order valence-electron chi connectivity index (χ1n) is 6.78. The van der Waals surface area contributed by atoms with Crippen molar-refractivity contribution in [2.75, 3.05) is 7.05 Å². The number of non-ortho nitro benzene ring substituents is 1. The van der Waals surface area contributed by atoms with Crippen LogP contribution in [-0.4, -0.2) is 22.8 Å². The number of hydrogen-bond donors (Lipinski definition) is 0. The van der Waals surface area contributed by atoms with Gasteiger partial charge in [-0.3, -0.25) is 14.9 Å². The van der Waals surface area contributed by atoms with Gasteiger partial charge in [-0.1, -0.05) is 35.3 Å². The first kappa shape index (κ1) is 17.2. The van der Waals surface area contributed by atoms with E-state index in [0.717, 1.165) is 0 Å². The Morgan fingerprint density at radius 2 is 1.87 bits per heavy atom. The summed E-state index contributed by atoms with van der Waals surface area (Å²) in [6.45, 7) is 1.80. The van der Waals surface area contributed by atoms with Crippen molar-refractivity contribution in [1.29, 1.82) is 0 Å². The van der Waals surface area contributed by atoms with E-state index in [0.29, 0.717) is 21.2 Å². The van der Waals surface area contributed by atoms with Crippen LogP contribution in [0, 0.1) is 10.1 Å². The van der Waals surface area contributed by atoms with Gasteiger partial charge in [0.1, 0.15) is 0 Å². The maximum atomic E-state index is 12.5. The third kappa shape index (κ3) is 3.81. The predicted molar refractivity (Wildman–Crippen MR) is 90.1 cm³/mol. The highest BCUT2D eigenvalue weighted by molar-refractivity contribution is 6.42. The van der Waals surface area contributed by atoms with Gasteiger partial charge in [0.25, 0.3) is 11.6 Å². The summed E-state index contributed by atoms with van der Waals surface area (Å²) in [7, 11) is 1.63. The van der Waals surface area contributed by atoms with Gasteiger partial charge in [-0.15, -0.1) is 0 Å². The summed E-state index contributed by atoms with van der Waals surface area (Å²) >= 11 is 11.8. The lowest BCUT2D eigenvalue weighted by molar-refractivity contribution is -0.384. The van der Waals surface area contributed by atoms with Gasteiger partial charge in [0.15, 0.2) is 0 Å². The zero-order valence-electron chi connectivity index (χ0n) is 12.5. The number of amides is 1. The van der Waals surface area contributed by atoms with E-state index < -0.39 is 4.92 Å². The average Bonchev–Trinajstić information content (AvgIpc) is 2.55. The molecule has 2 aromatic carbocycles. The van der Waals surface area contributed by atoms with Crippen LogP contribution in [0.5, 0.6) is 0 Å². The second-order valence-electron chi connectivity index (χ2n) is 5.07. The molecule has 1 atom stereocenters. The lowest BCUT2D eigenvalue weighted by Crippen LogP contribution is -2.29. The zero-order chi connectivity index (χ0) is 17.1. The number of carbonyl (C=O) groups excluding carboxylic acids is 1. The van der Waals surface area contributed by atoms with Crippen LogP contribution in [0.3, 0.4) is 0 Å². The molecule has 0 saturated heterocycles. The largest absolute Gasteiger partial charge is 0.335 e. The fourth-order valence-corrected chi connectivity index (χ4v) is 2.43. The van der Waals surface area contributed by atoms with E-state index in [2.05, 4.69) is 0 Å². The molecule has 23 heavy (non-hydrogen) atoms. The maximum Gasteiger partial charge on any atom is 0.269 e. The SMILES string of the molecule is C[C@@H](c1cccc([N+](=O)[O-])c1)N(C)C(=O)c1ccc(Cl)c(Cl)c1. The van der Waals surface area contributed by atoms with Gasteiger partial charge >= 0.3 is 0 Å². The first-order chi connectivity index (χ1) is 10.8. The van der Waals surface area contributed by atoms with Crippen LogP contribution < -0.4 is 0 Å². The monoisotopic (exact) mass is 352 g/mol. The van der Waals surface area contributed by atoms with Gasteiger partial charge < -0.3 is 4.90 Å². The normalized spacial score (nSPS) is 11.8. The van der Waals surface area contributed by atoms with Gasteiger partial charge in [0.2, 0.25) is 0 Å². The Balaban J connectivity index is 2.26. The van der Waals surface area contributed by atoms with Crippen LogP contribution in [0.1, 0.15) is 28.9 Å². The highest BCUT2D eigenvalue weighted by Gasteiger charge is 2.21. The Bertz CT molecular complexity index is 765. The molecule has 2 aromatic rings. The molecule has 0 fully saturated rings. The Hall–Kier alpha value is -2.11. The molecule has 0 spiro atoms. The standard InChI is InChI=1S/C16H14Cl2N2O3/c1-10(11-4-3-5-13(8-11)20(22)23)19(2)16(21)12-6-7-14(17)15(18)9-12/h3-10H,1-2H3/t10-/m0/s1. The van der Waals surface area contributed by atoms with Crippen LogP contribution >= 0.6 is 23.2 Å². The number of nitro groups is 1. The van der Waals surface area contributed by atoms with Crippen molar-refractivity contribution >= 4 is 34.8 Å². The van der Waals surface area contributed by atoms with E-state index in [1.54, 1.807) is 38.2 Å². The lowest BCUT2D eigenvalue weighted by Gasteiger charge is -2.25. The lowest BCUT2D eigenvalue weighted by atomic mass is 10.1. The number of rotatable bonds is 4. The molecular formula is C16H14Cl2N2O3. The fourth-order valence-electron chi connectivity index (χ4n) is 2.13. The molecule has 0 heterocycles. The Morgan fingerprint density at radius 1 is 1.17 bits per heavy atom. The zero-order valence-corrected chi connectivity index (χ0v) is 14.0. The van der Waals surface area contributed by atoms with Crippen LogP contribution in [-0.2, 0) is 0 Å². The highest BCUT2D eigenvalue weighted by Crippen LogP contribution is 2.27. The number of nitrogens with zero attached hydrogens (tertiary/aromatic N) is 2. The fraction of sp³-hybridized carbons (Fsp3) is 0.188. The van der Waals surface area contributed by atoms with Crippen LogP contribution in [0.4, 0.5) is 5.69 Å². The van der Waals surface area contributed by atoms with E-state index in [9.17, 15) is 14.9 Å². The predicted octanol–water partition coefficient (Wildman–Crippen LogP) is 4.73. The summed E-state index contributed by atoms with van der Waals surface area (Å²) in [4.78, 5) is 24.4. The summed E-state index contributed by atoms with van der Waals surface area (Å²) in [5.41, 5.74) is 1.07. The molecule has 0 radical (unpaired) electrons. The Morgan fingerprint density at radius 3 is 2.48 bits per heavy atom. The quantitative estimate of drug-likeness (QED) is 0.589. The van der Waals surface area contributed by atoms with E-state index in [1.807, 2.05) is 0 Å². The topological polar surface area (TPSA) is 63.5 Å². The van der Waals surface area contributed by atoms with Crippen molar-refractivity contribution in [3.8, 4) is 0 Å². The second-order valence-corrected chi connectivity index (χ2v) is 5.89. The number of benzene rings is 2. The Kier molecular flexibility index (Phi) is 5.23. The Labute approximate surface area is 143 Å². The van der Waals surface area contributed by atoms with E-state index in [1.165, 1.54) is 23.1 Å². The van der Waals surface area contributed by atoms with Crippen molar-refractivity contribution in [2.45, 2.75) is 13.0 Å². The summed E-state index contributed by atoms with van der Waals surface area (Å²) in [5, 5.41) is 11.5. The molecule has 0 N–H and O–H groups in total. The van der Waals surface area contributed by atoms with Crippen molar-refractivity contribution in [2.24, 2.45) is 0 Å². The second kappa shape index (κ2) is 6.98. The minimum Gasteiger partial charge on any atom is -0.335 e. The minimum absolute atomic E-state index is 0.00950. The van der Waals surface area contributed by atoms with Crippen molar-refractivity contribution in [3.05, 3.63) is 73.8 Å². The molecule has 2 rings (SSSR count). The summed E-state index contributed by atoms with van der Waals surface area (Å²) in [6, 6.07) is 10.5. The molecule has 0 aliphatic heterocycles. The molecule has 0 bridgehead atoms. The van der Waals surface area contributed by atoms with Crippen molar-refractivity contribution in [3.63, 3.8) is 0 Å². The van der Waals surface area contributed by atoms with Gasteiger partial charge in [0.05, 0.1) is 21.0 Å². The van der Waals surface area contributed by atoms with Gasteiger partial charge in [-0.05, 0) is 30.7 Å². The summed E-state index contributed by atoms with van der Waals surface area (Å²) in [6.07, 6.45) is 0. The summed E-state index contributed by atoms with van der Waals surface area (Å²) in [5.74, 6) is -0.248. The number of halogens is 2. The van der Waals surface area contributed by atoms with E-state index in [-0.39, 0.29) is 17.6 Å². The first-order valence-corrected chi connectivity index (χ1v) is 7.53. The molecule has 0 saturated carbocycles. The maximum absolute atomic E-state index is 12.5. The molecule has 120 valence electrons. The minimum atomic E-state index is -0.461. The molecule has 0 aliphatic rings. The molecular weight excluding hydrogens is 339 g/mol. The van der Waals surface area contributed by atoms with Crippen molar-refractivity contribution < 1.29 is 9.72 Å². The third-order valence-electron chi connectivity index (χ3n) is 3.63. The van der Waals surface area contributed by atoms with Crippen molar-refractivity contribution in [1.82, 2.24) is 4.90 Å². The molecule has 7 heteroatoms.